The predicted octanol–water partition coefficient (Wildman–Crippen LogP) is 4.68. The van der Waals surface area contributed by atoms with E-state index in [2.05, 4.69) is 44.5 Å². The third kappa shape index (κ3) is 6.51. The van der Waals surface area contributed by atoms with E-state index in [0.29, 0.717) is 5.01 Å². The minimum Gasteiger partial charge on any atom is -0.475 e. The highest BCUT2D eigenvalue weighted by Gasteiger charge is 2.38. The lowest BCUT2D eigenvalue weighted by molar-refractivity contribution is -0.192. The van der Waals surface area contributed by atoms with Gasteiger partial charge in [-0.2, -0.15) is 13.2 Å². The number of aromatic nitrogens is 2. The van der Waals surface area contributed by atoms with E-state index in [1.807, 2.05) is 25.1 Å². The van der Waals surface area contributed by atoms with Gasteiger partial charge >= 0.3 is 12.1 Å². The first-order chi connectivity index (χ1) is 15.6. The smallest absolute Gasteiger partial charge is 0.475 e. The third-order valence-electron chi connectivity index (χ3n) is 4.72. The van der Waals surface area contributed by atoms with E-state index >= 15 is 0 Å². The molecule has 0 saturated heterocycles. The second kappa shape index (κ2) is 10.4. The number of halogens is 3. The van der Waals surface area contributed by atoms with Crippen molar-refractivity contribution in [3.63, 3.8) is 0 Å². The highest BCUT2D eigenvalue weighted by molar-refractivity contribution is 7.14. The number of carbonyl (C=O) groups is 2. The van der Waals surface area contributed by atoms with Crippen LogP contribution in [0.25, 0.3) is 0 Å². The fourth-order valence-electron chi connectivity index (χ4n) is 3.14. The predicted molar refractivity (Wildman–Crippen MR) is 119 cm³/mol. The van der Waals surface area contributed by atoms with Crippen LogP contribution in [0.4, 0.5) is 24.7 Å². The Labute approximate surface area is 191 Å². The molecular weight excluding hydrogens is 457 g/mol. The summed E-state index contributed by atoms with van der Waals surface area (Å²) in [7, 11) is 0. The van der Waals surface area contributed by atoms with Gasteiger partial charge in [-0.25, -0.2) is 9.78 Å². The number of pyridine rings is 1. The number of amides is 1. The molecule has 174 valence electrons. The number of rotatable bonds is 4. The Balaban J connectivity index is 0.000000383. The molecule has 2 aromatic heterocycles. The molecule has 1 aliphatic rings. The highest BCUT2D eigenvalue weighted by Crippen LogP contribution is 2.33. The number of benzene rings is 1. The number of nitrogens with zero attached hydrogens (tertiary/aromatic N) is 3. The molecule has 0 radical (unpaired) electrons. The summed E-state index contributed by atoms with van der Waals surface area (Å²) >= 11 is 1.50. The Hall–Kier alpha value is -3.47. The number of carbonyl (C=O) groups excluding carboxylic acids is 1. The van der Waals surface area contributed by atoms with E-state index < -0.39 is 12.1 Å². The summed E-state index contributed by atoms with van der Waals surface area (Å²) in [5.41, 5.74) is 2.78. The van der Waals surface area contributed by atoms with Crippen molar-refractivity contribution >= 4 is 34.7 Å². The molecular formula is C22H21F3N4O3S. The number of aryl methyl sites for hydroxylation is 2. The van der Waals surface area contributed by atoms with E-state index in [1.54, 1.807) is 6.20 Å². The van der Waals surface area contributed by atoms with Gasteiger partial charge < -0.3 is 15.3 Å². The van der Waals surface area contributed by atoms with Crippen LogP contribution in [0.1, 0.15) is 32.4 Å². The van der Waals surface area contributed by atoms with Crippen LogP contribution in [0.2, 0.25) is 0 Å². The van der Waals surface area contributed by atoms with E-state index in [9.17, 15) is 18.0 Å². The lowest BCUT2D eigenvalue weighted by atomic mass is 10.1. The van der Waals surface area contributed by atoms with Crippen molar-refractivity contribution in [2.24, 2.45) is 0 Å². The van der Waals surface area contributed by atoms with Crippen LogP contribution in [-0.4, -0.2) is 39.7 Å². The number of carboxylic acid groups (broad SMARTS) is 1. The third-order valence-corrected chi connectivity index (χ3v) is 5.82. The number of hydrogen-bond donors (Lipinski definition) is 2. The number of nitrogens with one attached hydrogen (secondary N) is 1. The number of anilines is 2. The van der Waals surface area contributed by atoms with E-state index in [4.69, 9.17) is 9.90 Å². The van der Waals surface area contributed by atoms with Gasteiger partial charge in [-0.1, -0.05) is 30.3 Å². The van der Waals surface area contributed by atoms with Gasteiger partial charge in [0.25, 0.3) is 5.91 Å². The van der Waals surface area contributed by atoms with Gasteiger partial charge in [0.1, 0.15) is 5.82 Å². The highest BCUT2D eigenvalue weighted by atomic mass is 32.1. The number of carboxylic acids is 1. The Kier molecular flexibility index (Phi) is 7.64. The second-order valence-electron chi connectivity index (χ2n) is 7.17. The van der Waals surface area contributed by atoms with Crippen LogP contribution >= 0.6 is 11.3 Å². The standard InChI is InChI=1S/C20H20N4OS.C2HF3O2/c1-14-16(9-5-11-21-14)22-19(25)20-23-18-17(26-20)10-6-12-24(18)13-15-7-3-2-4-8-15;3-2(4,5)1(6)7/h2-5,7-9,11H,6,10,12-13H2,1H3,(H,22,25);(H,6,7). The zero-order chi connectivity index (χ0) is 24.0. The van der Waals surface area contributed by atoms with Crippen molar-refractivity contribution in [3.05, 3.63) is 69.8 Å². The van der Waals surface area contributed by atoms with Gasteiger partial charge in [-0.3, -0.25) is 9.78 Å². The summed E-state index contributed by atoms with van der Waals surface area (Å²) in [5, 5.41) is 10.6. The van der Waals surface area contributed by atoms with Crippen LogP contribution in [0.3, 0.4) is 0 Å². The van der Waals surface area contributed by atoms with Crippen molar-refractivity contribution in [1.29, 1.82) is 0 Å². The molecule has 0 bridgehead atoms. The minimum absolute atomic E-state index is 0.167. The number of thiazole rings is 1. The molecule has 1 aromatic carbocycles. The largest absolute Gasteiger partial charge is 0.490 e. The molecule has 0 saturated carbocycles. The quantitative estimate of drug-likeness (QED) is 0.565. The number of alkyl halides is 3. The fourth-order valence-corrected chi connectivity index (χ4v) is 4.16. The molecule has 0 atom stereocenters. The molecule has 3 heterocycles. The van der Waals surface area contributed by atoms with Crippen molar-refractivity contribution in [1.82, 2.24) is 9.97 Å². The SMILES string of the molecule is Cc1ncccc1NC(=O)c1nc2c(s1)CCCN2Cc1ccccc1.O=C(O)C(F)(F)F. The molecule has 0 fully saturated rings. The first-order valence-corrected chi connectivity index (χ1v) is 10.8. The normalized spacial score (nSPS) is 12.9. The molecule has 1 amide bonds. The van der Waals surface area contributed by atoms with Crippen LogP contribution < -0.4 is 10.2 Å². The molecule has 7 nitrogen and oxygen atoms in total. The summed E-state index contributed by atoms with van der Waals surface area (Å²) in [5.74, 6) is -1.97. The fraction of sp³-hybridized carbons (Fsp3) is 0.273. The van der Waals surface area contributed by atoms with Crippen molar-refractivity contribution in [2.45, 2.75) is 32.5 Å². The maximum absolute atomic E-state index is 12.6. The molecule has 0 unspecified atom stereocenters. The minimum atomic E-state index is -5.08. The summed E-state index contributed by atoms with van der Waals surface area (Å²) in [6.45, 7) is 3.67. The van der Waals surface area contributed by atoms with Crippen LogP contribution in [0.15, 0.2) is 48.7 Å². The molecule has 4 rings (SSSR count). The maximum atomic E-state index is 12.6. The molecule has 0 spiro atoms. The van der Waals surface area contributed by atoms with Gasteiger partial charge in [0.15, 0.2) is 5.01 Å². The first kappa shape index (κ1) is 24.2. The molecule has 1 aliphatic heterocycles. The summed E-state index contributed by atoms with van der Waals surface area (Å²) < 4.78 is 31.7. The van der Waals surface area contributed by atoms with Gasteiger partial charge in [0.05, 0.1) is 11.4 Å². The zero-order valence-corrected chi connectivity index (χ0v) is 18.4. The Bertz CT molecular complexity index is 1120. The van der Waals surface area contributed by atoms with Crippen molar-refractivity contribution in [2.75, 3.05) is 16.8 Å². The number of fused-ring (bicyclic) bond motifs is 1. The first-order valence-electron chi connectivity index (χ1n) is 9.97. The van der Waals surface area contributed by atoms with Gasteiger partial charge in [0, 0.05) is 24.2 Å². The lowest BCUT2D eigenvalue weighted by Gasteiger charge is -2.27. The molecule has 33 heavy (non-hydrogen) atoms. The van der Waals surface area contributed by atoms with Crippen molar-refractivity contribution < 1.29 is 27.9 Å². The molecule has 3 aromatic rings. The Morgan fingerprint density at radius 2 is 1.88 bits per heavy atom. The van der Waals surface area contributed by atoms with Gasteiger partial charge in [-0.05, 0) is 37.5 Å². The van der Waals surface area contributed by atoms with Crippen molar-refractivity contribution in [3.8, 4) is 0 Å². The van der Waals surface area contributed by atoms with E-state index in [-0.39, 0.29) is 5.91 Å². The van der Waals surface area contributed by atoms with Gasteiger partial charge in [0.2, 0.25) is 0 Å². The van der Waals surface area contributed by atoms with Crippen LogP contribution in [0.5, 0.6) is 0 Å². The van der Waals surface area contributed by atoms with E-state index in [1.165, 1.54) is 21.8 Å². The maximum Gasteiger partial charge on any atom is 0.490 e. The second-order valence-corrected chi connectivity index (χ2v) is 8.25. The molecule has 2 N–H and O–H groups in total. The topological polar surface area (TPSA) is 95.4 Å². The lowest BCUT2D eigenvalue weighted by Crippen LogP contribution is -2.28. The summed E-state index contributed by atoms with van der Waals surface area (Å²) in [4.78, 5) is 33.9. The number of aliphatic carboxylic acids is 1. The average molecular weight is 478 g/mol. The van der Waals surface area contributed by atoms with Crippen LogP contribution in [0, 0.1) is 6.92 Å². The van der Waals surface area contributed by atoms with E-state index in [0.717, 1.165) is 43.1 Å². The van der Waals surface area contributed by atoms with Gasteiger partial charge in [-0.15, -0.1) is 11.3 Å². The average Bonchev–Trinajstić information content (AvgIpc) is 3.22. The molecule has 11 heteroatoms. The summed E-state index contributed by atoms with van der Waals surface area (Å²) in [6, 6.07) is 14.1. The zero-order valence-electron chi connectivity index (χ0n) is 17.6. The summed E-state index contributed by atoms with van der Waals surface area (Å²) in [6.07, 6.45) is -1.29. The Morgan fingerprint density at radius 3 is 2.52 bits per heavy atom. The van der Waals surface area contributed by atoms with Crippen LogP contribution in [-0.2, 0) is 17.8 Å². The molecule has 0 aliphatic carbocycles. The Morgan fingerprint density at radius 1 is 1.18 bits per heavy atom. The number of hydrogen-bond acceptors (Lipinski definition) is 6. The monoisotopic (exact) mass is 478 g/mol.